The molecule has 0 saturated heterocycles. The molecule has 0 amide bonds. The number of nitrogens with two attached hydrogens (primary N) is 1. The van der Waals surface area contributed by atoms with E-state index in [9.17, 15) is 8.42 Å². The maximum atomic E-state index is 11.5. The van der Waals surface area contributed by atoms with Gasteiger partial charge < -0.3 is 10.6 Å². The fourth-order valence-corrected chi connectivity index (χ4v) is 3.60. The highest BCUT2D eigenvalue weighted by atomic mass is 127. The third-order valence-corrected chi connectivity index (χ3v) is 5.25. The van der Waals surface area contributed by atoms with Crippen LogP contribution in [0.5, 0.6) is 0 Å². The number of hydrogen-bond acceptors (Lipinski definition) is 3. The molecule has 0 bridgehead atoms. The summed E-state index contributed by atoms with van der Waals surface area (Å²) in [6, 6.07) is 11.6. The van der Waals surface area contributed by atoms with Crippen LogP contribution in [0.1, 0.15) is 31.0 Å². The smallest absolute Gasteiger partial charge is 0.238 e. The molecule has 0 aliphatic rings. The molecule has 2 aromatic carbocycles. The molecular formula is C18H23Cl2IN4O2S. The highest BCUT2D eigenvalue weighted by Gasteiger charge is 2.12. The molecule has 0 aliphatic carbocycles. The predicted octanol–water partition coefficient (Wildman–Crippen LogP) is 4.08. The number of aliphatic imine (C=N–C) groups is 1. The molecular weight excluding hydrogens is 534 g/mol. The van der Waals surface area contributed by atoms with Gasteiger partial charge in [-0.2, -0.15) is 0 Å². The lowest BCUT2D eigenvalue weighted by atomic mass is 10.1. The molecule has 0 radical (unpaired) electrons. The molecule has 10 heteroatoms. The van der Waals surface area contributed by atoms with Crippen molar-refractivity contribution in [3.8, 4) is 0 Å². The monoisotopic (exact) mass is 556 g/mol. The second-order valence-corrected chi connectivity index (χ2v) is 8.32. The van der Waals surface area contributed by atoms with Crippen LogP contribution in [0.25, 0.3) is 0 Å². The van der Waals surface area contributed by atoms with Crippen LogP contribution in [0, 0.1) is 0 Å². The van der Waals surface area contributed by atoms with E-state index in [1.165, 1.54) is 12.1 Å². The normalized spacial score (nSPS) is 12.8. The van der Waals surface area contributed by atoms with E-state index in [0.717, 1.165) is 11.1 Å². The first-order valence-electron chi connectivity index (χ1n) is 8.32. The zero-order valence-corrected chi connectivity index (χ0v) is 20.1. The average molecular weight is 557 g/mol. The fourth-order valence-electron chi connectivity index (χ4n) is 2.45. The Morgan fingerprint density at radius 3 is 2.54 bits per heavy atom. The van der Waals surface area contributed by atoms with Gasteiger partial charge in [-0.25, -0.2) is 18.5 Å². The summed E-state index contributed by atoms with van der Waals surface area (Å²) in [5.41, 5.74) is 1.62. The molecule has 2 aromatic rings. The number of benzene rings is 2. The summed E-state index contributed by atoms with van der Waals surface area (Å²) < 4.78 is 23.0. The number of rotatable bonds is 6. The maximum Gasteiger partial charge on any atom is 0.238 e. The zero-order chi connectivity index (χ0) is 20.0. The van der Waals surface area contributed by atoms with E-state index in [-0.39, 0.29) is 34.9 Å². The van der Waals surface area contributed by atoms with Crippen molar-refractivity contribution in [2.75, 3.05) is 6.54 Å². The minimum atomic E-state index is -3.74. The predicted molar refractivity (Wildman–Crippen MR) is 126 cm³/mol. The number of nitrogens with one attached hydrogen (secondary N) is 2. The maximum absolute atomic E-state index is 11.5. The van der Waals surface area contributed by atoms with Crippen molar-refractivity contribution in [3.63, 3.8) is 0 Å². The SMILES string of the molecule is CCNC(=NCc1cccc(S(N)(=O)=O)c1)NC(C)c1ccc(Cl)cc1Cl.I. The molecule has 0 fully saturated rings. The van der Waals surface area contributed by atoms with Crippen LogP contribution in [0.15, 0.2) is 52.4 Å². The first-order chi connectivity index (χ1) is 12.7. The molecule has 0 heterocycles. The van der Waals surface area contributed by atoms with Crippen molar-refractivity contribution in [2.45, 2.75) is 31.3 Å². The Hall–Kier alpha value is -1.07. The molecule has 154 valence electrons. The van der Waals surface area contributed by atoms with Gasteiger partial charge in [0.1, 0.15) is 0 Å². The molecule has 1 atom stereocenters. The van der Waals surface area contributed by atoms with Crippen LogP contribution in [-0.4, -0.2) is 20.9 Å². The summed E-state index contributed by atoms with van der Waals surface area (Å²) >= 11 is 12.2. The Morgan fingerprint density at radius 2 is 1.93 bits per heavy atom. The van der Waals surface area contributed by atoms with Gasteiger partial charge in [0, 0.05) is 16.6 Å². The average Bonchev–Trinajstić information content (AvgIpc) is 2.59. The van der Waals surface area contributed by atoms with Crippen LogP contribution >= 0.6 is 47.2 Å². The Balaban J connectivity index is 0.00000392. The Bertz CT molecular complexity index is 939. The Kier molecular flexibility index (Phi) is 9.99. The second-order valence-electron chi connectivity index (χ2n) is 5.92. The topological polar surface area (TPSA) is 96.6 Å². The highest BCUT2D eigenvalue weighted by molar-refractivity contribution is 14.0. The van der Waals surface area contributed by atoms with Gasteiger partial charge in [-0.3, -0.25) is 0 Å². The second kappa shape index (κ2) is 11.2. The summed E-state index contributed by atoms with van der Waals surface area (Å²) in [4.78, 5) is 4.57. The molecule has 4 N–H and O–H groups in total. The first kappa shape index (κ1) is 25.0. The minimum Gasteiger partial charge on any atom is -0.357 e. The highest BCUT2D eigenvalue weighted by Crippen LogP contribution is 2.26. The third kappa shape index (κ3) is 7.40. The minimum absolute atomic E-state index is 0. The van der Waals surface area contributed by atoms with Gasteiger partial charge >= 0.3 is 0 Å². The van der Waals surface area contributed by atoms with Gasteiger partial charge in [0.15, 0.2) is 5.96 Å². The molecule has 0 saturated carbocycles. The largest absolute Gasteiger partial charge is 0.357 e. The van der Waals surface area contributed by atoms with Gasteiger partial charge in [-0.1, -0.05) is 41.4 Å². The lowest BCUT2D eigenvalue weighted by Gasteiger charge is -2.19. The van der Waals surface area contributed by atoms with Gasteiger partial charge in [0.05, 0.1) is 17.5 Å². The summed E-state index contributed by atoms with van der Waals surface area (Å²) in [5.74, 6) is 0.581. The van der Waals surface area contributed by atoms with Crippen molar-refractivity contribution >= 4 is 63.2 Å². The van der Waals surface area contributed by atoms with Gasteiger partial charge in [0.25, 0.3) is 0 Å². The third-order valence-electron chi connectivity index (χ3n) is 3.77. The van der Waals surface area contributed by atoms with E-state index in [1.54, 1.807) is 24.3 Å². The lowest BCUT2D eigenvalue weighted by molar-refractivity contribution is 0.597. The van der Waals surface area contributed by atoms with Crippen LogP contribution in [0.3, 0.4) is 0 Å². The van der Waals surface area contributed by atoms with Gasteiger partial charge in [0.2, 0.25) is 10.0 Å². The molecule has 6 nitrogen and oxygen atoms in total. The van der Waals surface area contributed by atoms with Crippen molar-refractivity contribution < 1.29 is 8.42 Å². The van der Waals surface area contributed by atoms with Gasteiger partial charge in [-0.05, 0) is 49.2 Å². The van der Waals surface area contributed by atoms with Crippen molar-refractivity contribution in [1.82, 2.24) is 10.6 Å². The van der Waals surface area contributed by atoms with Crippen LogP contribution < -0.4 is 15.8 Å². The van der Waals surface area contributed by atoms with E-state index >= 15 is 0 Å². The van der Waals surface area contributed by atoms with Gasteiger partial charge in [-0.15, -0.1) is 24.0 Å². The molecule has 0 spiro atoms. The summed E-state index contributed by atoms with van der Waals surface area (Å²) in [5, 5.41) is 12.8. The lowest BCUT2D eigenvalue weighted by Crippen LogP contribution is -2.38. The van der Waals surface area contributed by atoms with E-state index < -0.39 is 10.0 Å². The molecule has 2 rings (SSSR count). The van der Waals surface area contributed by atoms with E-state index in [4.69, 9.17) is 28.3 Å². The van der Waals surface area contributed by atoms with Crippen LogP contribution in [0.4, 0.5) is 0 Å². The summed E-state index contributed by atoms with van der Waals surface area (Å²) in [6.45, 7) is 4.88. The van der Waals surface area contributed by atoms with E-state index in [1.807, 2.05) is 19.9 Å². The number of primary sulfonamides is 1. The number of nitrogens with zero attached hydrogens (tertiary/aromatic N) is 1. The number of guanidine groups is 1. The molecule has 0 aromatic heterocycles. The quantitative estimate of drug-likeness (QED) is 0.284. The molecule has 0 aliphatic heterocycles. The van der Waals surface area contributed by atoms with Crippen molar-refractivity contribution in [1.29, 1.82) is 0 Å². The van der Waals surface area contributed by atoms with Crippen molar-refractivity contribution in [3.05, 3.63) is 63.6 Å². The number of hydrogen-bond donors (Lipinski definition) is 3. The molecule has 1 unspecified atom stereocenters. The summed E-state index contributed by atoms with van der Waals surface area (Å²) in [6.07, 6.45) is 0. The Labute approximate surface area is 193 Å². The first-order valence-corrected chi connectivity index (χ1v) is 10.6. The summed E-state index contributed by atoms with van der Waals surface area (Å²) in [7, 11) is -3.74. The van der Waals surface area contributed by atoms with Crippen molar-refractivity contribution in [2.24, 2.45) is 10.1 Å². The number of halogens is 3. The number of sulfonamides is 1. The van der Waals surface area contributed by atoms with Crippen LogP contribution in [0.2, 0.25) is 10.0 Å². The van der Waals surface area contributed by atoms with Crippen LogP contribution in [-0.2, 0) is 16.6 Å². The standard InChI is InChI=1S/C18H22Cl2N4O2S.HI/c1-3-22-18(24-12(2)16-8-7-14(19)10-17(16)20)23-11-13-5-4-6-15(9-13)27(21,25)26;/h4-10,12H,3,11H2,1-2H3,(H2,21,25,26)(H2,22,23,24);1H. The van der Waals surface area contributed by atoms with E-state index in [2.05, 4.69) is 15.6 Å². The molecule has 28 heavy (non-hydrogen) atoms. The van der Waals surface area contributed by atoms with E-state index in [0.29, 0.717) is 29.1 Å². The zero-order valence-electron chi connectivity index (χ0n) is 15.4. The Morgan fingerprint density at radius 1 is 1.21 bits per heavy atom. The fraction of sp³-hybridized carbons (Fsp3) is 0.278.